The van der Waals surface area contributed by atoms with Crippen molar-refractivity contribution in [3.63, 3.8) is 0 Å². The van der Waals surface area contributed by atoms with Crippen molar-refractivity contribution in [3.05, 3.63) is 23.3 Å². The normalized spacial score (nSPS) is 13.1. The van der Waals surface area contributed by atoms with Gasteiger partial charge in [-0.2, -0.15) is 13.2 Å². The first kappa shape index (κ1) is 16.3. The van der Waals surface area contributed by atoms with Crippen molar-refractivity contribution in [2.75, 3.05) is 0 Å². The first-order valence-electron chi connectivity index (χ1n) is 5.31. The molecule has 0 saturated heterocycles. The smallest absolute Gasteiger partial charge is 0.492 e. The molecule has 0 bridgehead atoms. The summed E-state index contributed by atoms with van der Waals surface area (Å²) in [5, 5.41) is 36.1. The van der Waals surface area contributed by atoms with Gasteiger partial charge in [0, 0.05) is 11.9 Å². The zero-order chi connectivity index (χ0) is 15.7. The number of rotatable bonds is 4. The van der Waals surface area contributed by atoms with Crippen LogP contribution >= 0.6 is 0 Å². The predicted octanol–water partition coefficient (Wildman–Crippen LogP) is -0.955. The largest absolute Gasteiger partial charge is 0.508 e. The van der Waals surface area contributed by atoms with Gasteiger partial charge in [0.05, 0.1) is 5.56 Å². The number of hydrogen-bond donors (Lipinski definition) is 5. The molecule has 0 aliphatic heterocycles. The van der Waals surface area contributed by atoms with Crippen LogP contribution in [-0.2, 0) is 17.4 Å². The van der Waals surface area contributed by atoms with Gasteiger partial charge in [-0.05, 0) is 17.7 Å². The van der Waals surface area contributed by atoms with E-state index in [-0.39, 0.29) is 0 Å². The topological polar surface area (TPSA) is 124 Å². The third-order valence-corrected chi connectivity index (χ3v) is 2.58. The second-order valence-corrected chi connectivity index (χ2v) is 4.09. The van der Waals surface area contributed by atoms with Crippen molar-refractivity contribution in [2.24, 2.45) is 5.73 Å². The fourth-order valence-electron chi connectivity index (χ4n) is 1.56. The molecule has 0 fully saturated rings. The summed E-state index contributed by atoms with van der Waals surface area (Å²) in [7, 11) is -2.34. The number of phenolic OH excluding ortho intramolecular Hbond substituents is 1. The maximum absolute atomic E-state index is 12.6. The van der Waals surface area contributed by atoms with E-state index >= 15 is 0 Å². The number of hydrogen-bond acceptors (Lipinski definition) is 5. The lowest BCUT2D eigenvalue weighted by Crippen LogP contribution is -2.35. The molecule has 6 nitrogen and oxygen atoms in total. The molecule has 110 valence electrons. The average molecular weight is 293 g/mol. The number of carbonyl (C=O) groups is 1. The van der Waals surface area contributed by atoms with E-state index in [0.717, 1.165) is 0 Å². The third-order valence-electron chi connectivity index (χ3n) is 2.58. The van der Waals surface area contributed by atoms with Crippen LogP contribution < -0.4 is 11.2 Å². The van der Waals surface area contributed by atoms with E-state index in [0.29, 0.717) is 12.1 Å². The summed E-state index contributed by atoms with van der Waals surface area (Å²) in [6.45, 7) is 0. The maximum atomic E-state index is 12.6. The number of aromatic hydroxyl groups is 1. The molecular formula is C10H11BF3NO5. The van der Waals surface area contributed by atoms with Crippen LogP contribution in [0.4, 0.5) is 13.2 Å². The molecule has 0 aliphatic rings. The minimum Gasteiger partial charge on any atom is -0.508 e. The van der Waals surface area contributed by atoms with Gasteiger partial charge in [0.25, 0.3) is 0 Å². The van der Waals surface area contributed by atoms with Crippen LogP contribution in [0.3, 0.4) is 0 Å². The van der Waals surface area contributed by atoms with Crippen LogP contribution in [0.15, 0.2) is 12.1 Å². The quantitative estimate of drug-likeness (QED) is 0.456. The molecule has 0 radical (unpaired) electrons. The lowest BCUT2D eigenvalue weighted by atomic mass is 9.77. The van der Waals surface area contributed by atoms with Gasteiger partial charge in [-0.15, -0.1) is 0 Å². The number of halogens is 3. The van der Waals surface area contributed by atoms with Crippen molar-refractivity contribution in [1.82, 2.24) is 0 Å². The second kappa shape index (κ2) is 5.69. The van der Waals surface area contributed by atoms with Gasteiger partial charge in [0.2, 0.25) is 0 Å². The van der Waals surface area contributed by atoms with Gasteiger partial charge in [-0.1, -0.05) is 0 Å². The number of aliphatic carboxylic acids is 1. The van der Waals surface area contributed by atoms with Crippen LogP contribution in [-0.4, -0.2) is 39.4 Å². The van der Waals surface area contributed by atoms with Crippen molar-refractivity contribution >= 4 is 18.6 Å². The lowest BCUT2D eigenvalue weighted by Gasteiger charge is -2.15. The molecule has 0 saturated carbocycles. The molecular weight excluding hydrogens is 282 g/mol. The van der Waals surface area contributed by atoms with E-state index in [1.165, 1.54) is 0 Å². The van der Waals surface area contributed by atoms with Crippen molar-refractivity contribution < 1.29 is 38.2 Å². The Hall–Kier alpha value is -1.78. The minimum atomic E-state index is -4.79. The van der Waals surface area contributed by atoms with Crippen LogP contribution in [0.2, 0.25) is 0 Å². The summed E-state index contributed by atoms with van der Waals surface area (Å²) < 4.78 is 37.9. The standard InChI is InChI=1S/C10H11BF3NO5/c12-10(13,14)5-1-4(2-7(15)9(17)18)8(16)6(3-5)11(19)20/h1,3,7,16,19-20H,2,15H2,(H,17,18). The number of nitrogens with two attached hydrogens (primary N) is 1. The maximum Gasteiger partial charge on any atom is 0.492 e. The molecule has 1 rings (SSSR count). The summed E-state index contributed by atoms with van der Waals surface area (Å²) in [6.07, 6.45) is -5.38. The zero-order valence-electron chi connectivity index (χ0n) is 9.92. The minimum absolute atomic E-state index is 0.371. The van der Waals surface area contributed by atoms with Gasteiger partial charge in [0.15, 0.2) is 0 Å². The molecule has 1 aromatic carbocycles. The number of alkyl halides is 3. The molecule has 0 amide bonds. The lowest BCUT2D eigenvalue weighted by molar-refractivity contribution is -0.138. The second-order valence-electron chi connectivity index (χ2n) is 4.09. The molecule has 6 N–H and O–H groups in total. The van der Waals surface area contributed by atoms with Gasteiger partial charge in [-0.3, -0.25) is 4.79 Å². The van der Waals surface area contributed by atoms with E-state index in [2.05, 4.69) is 0 Å². The predicted molar refractivity (Wildman–Crippen MR) is 62.2 cm³/mol. The SMILES string of the molecule is NC(Cc1cc(C(F)(F)F)cc(B(O)O)c1O)C(=O)O. The van der Waals surface area contributed by atoms with Crippen LogP contribution in [0.25, 0.3) is 0 Å². The Kier molecular flexibility index (Phi) is 4.63. The Labute approximate surface area is 111 Å². The molecule has 1 atom stereocenters. The fourth-order valence-corrected chi connectivity index (χ4v) is 1.56. The van der Waals surface area contributed by atoms with Crippen LogP contribution in [0, 0.1) is 0 Å². The molecule has 0 heterocycles. The van der Waals surface area contributed by atoms with E-state index in [1.807, 2.05) is 0 Å². The molecule has 1 unspecified atom stereocenters. The monoisotopic (exact) mass is 293 g/mol. The summed E-state index contributed by atoms with van der Waals surface area (Å²) in [4.78, 5) is 10.6. The first-order valence-corrected chi connectivity index (χ1v) is 5.31. The highest BCUT2D eigenvalue weighted by Crippen LogP contribution is 2.31. The van der Waals surface area contributed by atoms with Crippen molar-refractivity contribution in [3.8, 4) is 5.75 Å². The number of carboxylic acid groups (broad SMARTS) is 1. The number of benzene rings is 1. The molecule has 0 spiro atoms. The highest BCUT2D eigenvalue weighted by atomic mass is 19.4. The number of carboxylic acids is 1. The van der Waals surface area contributed by atoms with Gasteiger partial charge in [0.1, 0.15) is 11.8 Å². The molecule has 0 aliphatic carbocycles. The Morgan fingerprint density at radius 2 is 1.90 bits per heavy atom. The van der Waals surface area contributed by atoms with Gasteiger partial charge in [-0.25, -0.2) is 0 Å². The summed E-state index contributed by atoms with van der Waals surface area (Å²) in [6, 6.07) is -0.646. The average Bonchev–Trinajstić information content (AvgIpc) is 2.29. The van der Waals surface area contributed by atoms with Gasteiger partial charge >= 0.3 is 19.3 Å². The molecule has 1 aromatic rings. The van der Waals surface area contributed by atoms with E-state index in [9.17, 15) is 23.1 Å². The zero-order valence-corrected chi connectivity index (χ0v) is 9.92. The van der Waals surface area contributed by atoms with E-state index in [1.54, 1.807) is 0 Å². The van der Waals surface area contributed by atoms with E-state index < -0.39 is 54.1 Å². The summed E-state index contributed by atoms with van der Waals surface area (Å²) >= 11 is 0. The summed E-state index contributed by atoms with van der Waals surface area (Å²) in [5.74, 6) is -2.29. The Morgan fingerprint density at radius 3 is 2.30 bits per heavy atom. The first-order chi connectivity index (χ1) is 9.04. The molecule has 0 aromatic heterocycles. The van der Waals surface area contributed by atoms with Crippen molar-refractivity contribution in [1.29, 1.82) is 0 Å². The van der Waals surface area contributed by atoms with Gasteiger partial charge < -0.3 is 26.0 Å². The highest BCUT2D eigenvalue weighted by molar-refractivity contribution is 6.59. The van der Waals surface area contributed by atoms with E-state index in [4.69, 9.17) is 20.9 Å². The molecule has 10 heteroatoms. The Bertz CT molecular complexity index is 520. The summed E-state index contributed by atoms with van der Waals surface area (Å²) in [5.41, 5.74) is 2.74. The third kappa shape index (κ3) is 3.62. The Morgan fingerprint density at radius 1 is 1.35 bits per heavy atom. The van der Waals surface area contributed by atoms with Crippen LogP contribution in [0.1, 0.15) is 11.1 Å². The van der Waals surface area contributed by atoms with Crippen LogP contribution in [0.5, 0.6) is 5.75 Å². The fraction of sp³-hybridized carbons (Fsp3) is 0.300. The number of phenols is 1. The highest BCUT2D eigenvalue weighted by Gasteiger charge is 2.34. The van der Waals surface area contributed by atoms with Crippen molar-refractivity contribution in [2.45, 2.75) is 18.6 Å². The Balaban J connectivity index is 3.35. The molecule has 20 heavy (non-hydrogen) atoms.